The predicted molar refractivity (Wildman–Crippen MR) is 63.1 cm³/mol. The van der Waals surface area contributed by atoms with E-state index in [0.29, 0.717) is 17.3 Å². The lowest BCUT2D eigenvalue weighted by molar-refractivity contribution is 0.0516. The Labute approximate surface area is 98.7 Å². The second kappa shape index (κ2) is 4.17. The average Bonchev–Trinajstić information content (AvgIpc) is 2.57. The molecule has 0 spiro atoms. The Balaban J connectivity index is 2.56. The predicted octanol–water partition coefficient (Wildman–Crippen LogP) is 2.11. The standard InChI is InChI=1S/C11H12N2O2S/c1-3-15-11(14)9-10(16)13-6-7(2)4-5-8(13)12-9/h4-6,16H,3H2,1-2H3. The molecular formula is C11H12N2O2S. The minimum absolute atomic E-state index is 0.260. The third kappa shape index (κ3) is 1.78. The molecule has 0 radical (unpaired) electrons. The fourth-order valence-electron chi connectivity index (χ4n) is 1.47. The summed E-state index contributed by atoms with van der Waals surface area (Å²) >= 11 is 4.29. The molecule has 0 saturated heterocycles. The van der Waals surface area contributed by atoms with E-state index in [-0.39, 0.29) is 5.69 Å². The SMILES string of the molecule is CCOC(=O)c1nc2ccc(C)cn2c1S. The van der Waals surface area contributed by atoms with Gasteiger partial charge in [-0.05, 0) is 25.5 Å². The fraction of sp³-hybridized carbons (Fsp3) is 0.273. The van der Waals surface area contributed by atoms with Crippen molar-refractivity contribution in [3.05, 3.63) is 29.6 Å². The minimum atomic E-state index is -0.436. The molecule has 2 rings (SSSR count). The van der Waals surface area contributed by atoms with E-state index in [4.69, 9.17) is 4.74 Å². The number of fused-ring (bicyclic) bond motifs is 1. The van der Waals surface area contributed by atoms with Crippen molar-refractivity contribution in [3.8, 4) is 0 Å². The Kier molecular flexibility index (Phi) is 2.87. The number of esters is 1. The number of imidazole rings is 1. The lowest BCUT2D eigenvalue weighted by atomic mass is 10.3. The molecule has 2 aromatic heterocycles. The zero-order valence-corrected chi connectivity index (χ0v) is 9.99. The molecule has 5 heteroatoms. The number of carbonyl (C=O) groups excluding carboxylic acids is 1. The summed E-state index contributed by atoms with van der Waals surface area (Å²) in [4.78, 5) is 15.8. The van der Waals surface area contributed by atoms with Crippen LogP contribution in [0.1, 0.15) is 23.0 Å². The molecule has 0 aliphatic heterocycles. The van der Waals surface area contributed by atoms with Crippen LogP contribution in [0.2, 0.25) is 0 Å². The highest BCUT2D eigenvalue weighted by molar-refractivity contribution is 7.80. The maximum absolute atomic E-state index is 11.6. The summed E-state index contributed by atoms with van der Waals surface area (Å²) in [6.45, 7) is 4.06. The van der Waals surface area contributed by atoms with Gasteiger partial charge < -0.3 is 4.74 Å². The van der Waals surface area contributed by atoms with Gasteiger partial charge in [-0.15, -0.1) is 12.6 Å². The van der Waals surface area contributed by atoms with Crippen molar-refractivity contribution in [1.82, 2.24) is 9.38 Å². The molecule has 0 aromatic carbocycles. The average molecular weight is 236 g/mol. The topological polar surface area (TPSA) is 43.6 Å². The van der Waals surface area contributed by atoms with Crippen LogP contribution in [0.25, 0.3) is 5.65 Å². The van der Waals surface area contributed by atoms with Crippen molar-refractivity contribution in [3.63, 3.8) is 0 Å². The number of aromatic nitrogens is 2. The Hall–Kier alpha value is -1.49. The van der Waals surface area contributed by atoms with E-state index in [0.717, 1.165) is 5.56 Å². The van der Waals surface area contributed by atoms with Crippen molar-refractivity contribution >= 4 is 24.2 Å². The Morgan fingerprint density at radius 3 is 3.00 bits per heavy atom. The summed E-state index contributed by atoms with van der Waals surface area (Å²) in [5, 5.41) is 0.511. The Morgan fingerprint density at radius 2 is 2.31 bits per heavy atom. The lowest BCUT2D eigenvalue weighted by Gasteiger charge is -1.99. The molecule has 0 amide bonds. The number of hydrogen-bond donors (Lipinski definition) is 1. The molecule has 0 atom stereocenters. The van der Waals surface area contributed by atoms with Crippen molar-refractivity contribution in [2.75, 3.05) is 6.61 Å². The molecule has 4 nitrogen and oxygen atoms in total. The molecule has 0 bridgehead atoms. The molecule has 0 N–H and O–H groups in total. The monoisotopic (exact) mass is 236 g/mol. The quantitative estimate of drug-likeness (QED) is 0.641. The lowest BCUT2D eigenvalue weighted by Crippen LogP contribution is -2.05. The normalized spacial score (nSPS) is 10.7. The van der Waals surface area contributed by atoms with Gasteiger partial charge in [-0.3, -0.25) is 4.40 Å². The van der Waals surface area contributed by atoms with Crippen molar-refractivity contribution in [2.45, 2.75) is 18.9 Å². The Bertz CT molecular complexity index is 548. The van der Waals surface area contributed by atoms with Gasteiger partial charge in [0.05, 0.1) is 6.61 Å². The van der Waals surface area contributed by atoms with E-state index < -0.39 is 5.97 Å². The van der Waals surface area contributed by atoms with Crippen LogP contribution in [-0.4, -0.2) is 22.0 Å². The van der Waals surface area contributed by atoms with Crippen LogP contribution in [0.15, 0.2) is 23.4 Å². The molecule has 16 heavy (non-hydrogen) atoms. The molecule has 2 heterocycles. The summed E-state index contributed by atoms with van der Waals surface area (Å²) in [6, 6.07) is 3.78. The summed E-state index contributed by atoms with van der Waals surface area (Å²) < 4.78 is 6.67. The van der Waals surface area contributed by atoms with Gasteiger partial charge in [0.15, 0.2) is 5.69 Å². The summed E-state index contributed by atoms with van der Waals surface area (Å²) in [7, 11) is 0. The summed E-state index contributed by atoms with van der Waals surface area (Å²) in [5.74, 6) is -0.436. The third-order valence-corrected chi connectivity index (χ3v) is 2.64. The third-order valence-electron chi connectivity index (χ3n) is 2.21. The van der Waals surface area contributed by atoms with Gasteiger partial charge in [0, 0.05) is 6.20 Å². The molecule has 2 aromatic rings. The number of pyridine rings is 1. The van der Waals surface area contributed by atoms with Crippen molar-refractivity contribution in [1.29, 1.82) is 0 Å². The Morgan fingerprint density at radius 1 is 1.56 bits per heavy atom. The van der Waals surface area contributed by atoms with Gasteiger partial charge in [-0.25, -0.2) is 9.78 Å². The number of nitrogens with zero attached hydrogens (tertiary/aromatic N) is 2. The molecule has 0 aliphatic rings. The first kappa shape index (κ1) is 11.0. The number of aryl methyl sites for hydroxylation is 1. The first-order chi connectivity index (χ1) is 7.63. The van der Waals surface area contributed by atoms with Gasteiger partial charge in [-0.2, -0.15) is 0 Å². The maximum atomic E-state index is 11.6. The highest BCUT2D eigenvalue weighted by Gasteiger charge is 2.17. The van der Waals surface area contributed by atoms with Crippen LogP contribution < -0.4 is 0 Å². The second-order valence-electron chi connectivity index (χ2n) is 3.44. The molecule has 0 saturated carbocycles. The zero-order chi connectivity index (χ0) is 11.7. The number of carbonyl (C=O) groups is 1. The molecule has 0 unspecified atom stereocenters. The first-order valence-corrected chi connectivity index (χ1v) is 5.43. The first-order valence-electron chi connectivity index (χ1n) is 4.98. The van der Waals surface area contributed by atoms with Gasteiger partial charge in [0.2, 0.25) is 0 Å². The van der Waals surface area contributed by atoms with Crippen LogP contribution in [0.5, 0.6) is 0 Å². The van der Waals surface area contributed by atoms with Crippen molar-refractivity contribution in [2.24, 2.45) is 0 Å². The maximum Gasteiger partial charge on any atom is 0.359 e. The van der Waals surface area contributed by atoms with Crippen LogP contribution in [0.4, 0.5) is 0 Å². The van der Waals surface area contributed by atoms with E-state index in [9.17, 15) is 4.79 Å². The smallest absolute Gasteiger partial charge is 0.359 e. The molecule has 0 fully saturated rings. The van der Waals surface area contributed by atoms with Gasteiger partial charge in [0.1, 0.15) is 10.7 Å². The summed E-state index contributed by atoms with van der Waals surface area (Å²) in [5.41, 5.74) is 2.03. The molecule has 84 valence electrons. The van der Waals surface area contributed by atoms with Crippen molar-refractivity contribution < 1.29 is 9.53 Å². The van der Waals surface area contributed by atoms with E-state index >= 15 is 0 Å². The summed E-state index contributed by atoms with van der Waals surface area (Å²) in [6.07, 6.45) is 1.88. The highest BCUT2D eigenvalue weighted by atomic mass is 32.1. The van der Waals surface area contributed by atoms with E-state index in [1.165, 1.54) is 0 Å². The van der Waals surface area contributed by atoms with Gasteiger partial charge >= 0.3 is 5.97 Å². The van der Waals surface area contributed by atoms with Gasteiger partial charge in [-0.1, -0.05) is 6.07 Å². The van der Waals surface area contributed by atoms with Crippen LogP contribution in [0, 0.1) is 6.92 Å². The fourth-order valence-corrected chi connectivity index (χ4v) is 1.78. The van der Waals surface area contributed by atoms with E-state index in [1.54, 1.807) is 11.3 Å². The van der Waals surface area contributed by atoms with Gasteiger partial charge in [0.25, 0.3) is 0 Å². The number of rotatable bonds is 2. The zero-order valence-electron chi connectivity index (χ0n) is 9.10. The highest BCUT2D eigenvalue weighted by Crippen LogP contribution is 2.18. The number of thiol groups is 1. The van der Waals surface area contributed by atoms with E-state index in [2.05, 4.69) is 17.6 Å². The van der Waals surface area contributed by atoms with Crippen LogP contribution >= 0.6 is 12.6 Å². The minimum Gasteiger partial charge on any atom is -0.461 e. The van der Waals surface area contributed by atoms with Crippen LogP contribution in [-0.2, 0) is 4.74 Å². The van der Waals surface area contributed by atoms with Crippen LogP contribution in [0.3, 0.4) is 0 Å². The number of ether oxygens (including phenoxy) is 1. The largest absolute Gasteiger partial charge is 0.461 e. The second-order valence-corrected chi connectivity index (χ2v) is 3.86. The molecule has 0 aliphatic carbocycles. The number of hydrogen-bond acceptors (Lipinski definition) is 4. The molecular weight excluding hydrogens is 224 g/mol. The van der Waals surface area contributed by atoms with E-state index in [1.807, 2.05) is 25.3 Å².